The van der Waals surface area contributed by atoms with Crippen molar-refractivity contribution in [2.45, 2.75) is 44.4 Å². The lowest BCUT2D eigenvalue weighted by atomic mass is 10.2. The predicted octanol–water partition coefficient (Wildman–Crippen LogP) is 1.28. The van der Waals surface area contributed by atoms with Gasteiger partial charge < -0.3 is 14.8 Å². The normalized spacial score (nSPS) is 26.8. The Kier molecular flexibility index (Phi) is 3.58. The smallest absolute Gasteiger partial charge is 0.169 e. The molecule has 0 radical (unpaired) electrons. The summed E-state index contributed by atoms with van der Waals surface area (Å²) in [6.45, 7) is 2.58. The maximum absolute atomic E-state index is 5.45. The van der Waals surface area contributed by atoms with Gasteiger partial charge in [0, 0.05) is 12.6 Å². The Morgan fingerprint density at radius 1 is 1.00 bits per heavy atom. The monoisotopic (exact) mass is 185 g/mol. The summed E-state index contributed by atoms with van der Waals surface area (Å²) in [6, 6.07) is 0.717. The fraction of sp³-hybridized carbons (Fsp3) is 1.00. The molecule has 3 nitrogen and oxygen atoms in total. The quantitative estimate of drug-likeness (QED) is 0.718. The highest BCUT2D eigenvalue weighted by molar-refractivity contribution is 4.74. The van der Waals surface area contributed by atoms with E-state index in [0.717, 1.165) is 26.2 Å². The largest absolute Gasteiger partial charge is 0.351 e. The van der Waals surface area contributed by atoms with Gasteiger partial charge in [0.25, 0.3) is 0 Å². The van der Waals surface area contributed by atoms with E-state index in [1.807, 2.05) is 0 Å². The number of hydrogen-bond acceptors (Lipinski definition) is 3. The topological polar surface area (TPSA) is 30.5 Å². The Morgan fingerprint density at radius 3 is 2.38 bits per heavy atom. The van der Waals surface area contributed by atoms with Gasteiger partial charge in [-0.25, -0.2) is 0 Å². The zero-order chi connectivity index (χ0) is 8.93. The Bertz CT molecular complexity index is 140. The maximum Gasteiger partial charge on any atom is 0.169 e. The third-order valence-corrected chi connectivity index (χ3v) is 2.82. The van der Waals surface area contributed by atoms with Crippen LogP contribution >= 0.6 is 0 Å². The highest BCUT2D eigenvalue weighted by atomic mass is 16.7. The van der Waals surface area contributed by atoms with Crippen LogP contribution in [0.25, 0.3) is 0 Å². The summed E-state index contributed by atoms with van der Waals surface area (Å²) in [4.78, 5) is 0. The first kappa shape index (κ1) is 9.44. The zero-order valence-corrected chi connectivity index (χ0v) is 8.13. The molecule has 3 heteroatoms. The summed E-state index contributed by atoms with van der Waals surface area (Å²) in [5.41, 5.74) is 0. The molecule has 0 aromatic heterocycles. The van der Waals surface area contributed by atoms with Crippen molar-refractivity contribution < 1.29 is 9.47 Å². The minimum Gasteiger partial charge on any atom is -0.351 e. The Balaban J connectivity index is 1.60. The molecule has 0 amide bonds. The lowest BCUT2D eigenvalue weighted by Gasteiger charge is -2.24. The van der Waals surface area contributed by atoms with Crippen molar-refractivity contribution in [2.75, 3.05) is 19.8 Å². The van der Waals surface area contributed by atoms with Gasteiger partial charge in [-0.05, 0) is 19.3 Å². The lowest BCUT2D eigenvalue weighted by molar-refractivity contribution is -0.175. The molecule has 1 saturated carbocycles. The second kappa shape index (κ2) is 4.94. The molecule has 1 heterocycles. The maximum atomic E-state index is 5.45. The minimum absolute atomic E-state index is 0.00866. The van der Waals surface area contributed by atoms with Crippen LogP contribution in [0.1, 0.15) is 32.1 Å². The third-order valence-electron chi connectivity index (χ3n) is 2.82. The number of rotatable bonds is 3. The Morgan fingerprint density at radius 2 is 1.69 bits per heavy atom. The van der Waals surface area contributed by atoms with Gasteiger partial charge in [0.1, 0.15) is 0 Å². The molecule has 2 rings (SSSR count). The van der Waals surface area contributed by atoms with Crippen LogP contribution in [0.5, 0.6) is 0 Å². The summed E-state index contributed by atoms with van der Waals surface area (Å²) in [5.74, 6) is 0. The van der Waals surface area contributed by atoms with Crippen molar-refractivity contribution in [3.8, 4) is 0 Å². The van der Waals surface area contributed by atoms with Gasteiger partial charge in [0.2, 0.25) is 0 Å². The van der Waals surface area contributed by atoms with E-state index in [1.54, 1.807) is 0 Å². The molecular weight excluding hydrogens is 166 g/mol. The van der Waals surface area contributed by atoms with E-state index in [9.17, 15) is 0 Å². The van der Waals surface area contributed by atoms with Crippen molar-refractivity contribution in [2.24, 2.45) is 0 Å². The number of hydrogen-bond donors (Lipinski definition) is 1. The molecule has 2 aliphatic rings. The highest BCUT2D eigenvalue weighted by Gasteiger charge is 2.18. The van der Waals surface area contributed by atoms with E-state index in [1.165, 1.54) is 25.7 Å². The zero-order valence-electron chi connectivity index (χ0n) is 8.13. The molecule has 1 aliphatic carbocycles. The molecule has 2 fully saturated rings. The molecule has 76 valence electrons. The van der Waals surface area contributed by atoms with E-state index in [0.29, 0.717) is 6.04 Å². The second-order valence-electron chi connectivity index (χ2n) is 3.91. The summed E-state index contributed by atoms with van der Waals surface area (Å²) in [7, 11) is 0. The molecule has 0 aromatic carbocycles. The fourth-order valence-electron chi connectivity index (χ4n) is 2.05. The standard InChI is InChI=1S/C10H19NO2/c1-2-5-9(4-1)11-8-10-12-6-3-7-13-10/h9-11H,1-8H2. The van der Waals surface area contributed by atoms with Crippen LogP contribution < -0.4 is 5.32 Å². The van der Waals surface area contributed by atoms with Crippen molar-refractivity contribution in [3.05, 3.63) is 0 Å². The van der Waals surface area contributed by atoms with Crippen molar-refractivity contribution in [1.29, 1.82) is 0 Å². The van der Waals surface area contributed by atoms with Gasteiger partial charge in [-0.2, -0.15) is 0 Å². The molecule has 0 bridgehead atoms. The number of ether oxygens (including phenoxy) is 2. The van der Waals surface area contributed by atoms with Gasteiger partial charge in [0.15, 0.2) is 6.29 Å². The average Bonchev–Trinajstić information content (AvgIpc) is 2.69. The first-order chi connectivity index (χ1) is 6.45. The molecule has 0 unspecified atom stereocenters. The van der Waals surface area contributed by atoms with Gasteiger partial charge in [-0.3, -0.25) is 0 Å². The van der Waals surface area contributed by atoms with Crippen LogP contribution in [0.2, 0.25) is 0 Å². The number of nitrogens with one attached hydrogen (secondary N) is 1. The van der Waals surface area contributed by atoms with Crippen molar-refractivity contribution in [1.82, 2.24) is 5.32 Å². The van der Waals surface area contributed by atoms with E-state index in [4.69, 9.17) is 9.47 Å². The Hall–Kier alpha value is -0.120. The van der Waals surface area contributed by atoms with Gasteiger partial charge in [0.05, 0.1) is 13.2 Å². The van der Waals surface area contributed by atoms with E-state index in [2.05, 4.69) is 5.32 Å². The third kappa shape index (κ3) is 2.93. The Labute approximate surface area is 79.8 Å². The molecule has 13 heavy (non-hydrogen) atoms. The molecule has 1 saturated heterocycles. The molecule has 1 aliphatic heterocycles. The van der Waals surface area contributed by atoms with Crippen LogP contribution in [-0.4, -0.2) is 32.1 Å². The summed E-state index contributed by atoms with van der Waals surface area (Å²) < 4.78 is 10.9. The fourth-order valence-corrected chi connectivity index (χ4v) is 2.05. The molecular formula is C10H19NO2. The van der Waals surface area contributed by atoms with Crippen LogP contribution in [0.4, 0.5) is 0 Å². The summed E-state index contributed by atoms with van der Waals surface area (Å²) >= 11 is 0. The van der Waals surface area contributed by atoms with Crippen LogP contribution in [0, 0.1) is 0 Å². The first-order valence-electron chi connectivity index (χ1n) is 5.42. The van der Waals surface area contributed by atoms with E-state index < -0.39 is 0 Å². The van der Waals surface area contributed by atoms with E-state index >= 15 is 0 Å². The first-order valence-corrected chi connectivity index (χ1v) is 5.42. The SMILES string of the molecule is C1COC(CNC2CCCC2)OC1. The lowest BCUT2D eigenvalue weighted by Crippen LogP contribution is -2.39. The summed E-state index contributed by atoms with van der Waals surface area (Å²) in [5, 5.41) is 3.50. The molecule has 0 aromatic rings. The second-order valence-corrected chi connectivity index (χ2v) is 3.91. The van der Waals surface area contributed by atoms with Gasteiger partial charge in [-0.15, -0.1) is 0 Å². The van der Waals surface area contributed by atoms with Crippen molar-refractivity contribution in [3.63, 3.8) is 0 Å². The van der Waals surface area contributed by atoms with Crippen molar-refractivity contribution >= 4 is 0 Å². The molecule has 1 N–H and O–H groups in total. The average molecular weight is 185 g/mol. The molecule has 0 atom stereocenters. The minimum atomic E-state index is 0.00866. The molecule has 0 spiro atoms. The highest BCUT2D eigenvalue weighted by Crippen LogP contribution is 2.17. The van der Waals surface area contributed by atoms with Gasteiger partial charge in [-0.1, -0.05) is 12.8 Å². The van der Waals surface area contributed by atoms with Crippen LogP contribution in [-0.2, 0) is 9.47 Å². The summed E-state index contributed by atoms with van der Waals surface area (Å²) in [6.07, 6.45) is 6.46. The van der Waals surface area contributed by atoms with Crippen LogP contribution in [0.15, 0.2) is 0 Å². The van der Waals surface area contributed by atoms with E-state index in [-0.39, 0.29) is 6.29 Å². The van der Waals surface area contributed by atoms with Gasteiger partial charge >= 0.3 is 0 Å². The van der Waals surface area contributed by atoms with Crippen LogP contribution in [0.3, 0.4) is 0 Å². The predicted molar refractivity (Wildman–Crippen MR) is 50.6 cm³/mol.